The quantitative estimate of drug-likeness (QED) is 0.701. The van der Waals surface area contributed by atoms with Gasteiger partial charge in [-0.05, 0) is 30.3 Å². The van der Waals surface area contributed by atoms with Crippen LogP contribution in [0.1, 0.15) is 16.3 Å². The molecule has 0 aliphatic rings. The van der Waals surface area contributed by atoms with Crippen molar-refractivity contribution in [3.8, 4) is 0 Å². The minimum absolute atomic E-state index is 0.176. The maximum Gasteiger partial charge on any atom is 0.374 e. The Kier molecular flexibility index (Phi) is 4.85. The van der Waals surface area contributed by atoms with Gasteiger partial charge in [-0.1, -0.05) is 11.6 Å². The molecule has 0 unspecified atom stereocenters. The number of ether oxygens (including phenoxy) is 1. The summed E-state index contributed by atoms with van der Waals surface area (Å²) >= 11 is 5.82. The number of hydrogen-bond donors (Lipinski definition) is 1. The van der Waals surface area contributed by atoms with Crippen LogP contribution in [0.25, 0.3) is 11.0 Å². The van der Waals surface area contributed by atoms with Crippen molar-refractivity contribution in [3.63, 3.8) is 0 Å². The maximum absolute atomic E-state index is 12.0. The number of carbonyl (C=O) groups excluding carboxylic acids is 2. The molecule has 0 fully saturated rings. The average Bonchev–Trinajstić information content (AvgIpc) is 3.12. The summed E-state index contributed by atoms with van der Waals surface area (Å²) in [6.07, 6.45) is 1.48. The Morgan fingerprint density at radius 3 is 2.80 bits per heavy atom. The van der Waals surface area contributed by atoms with Crippen LogP contribution in [0.3, 0.4) is 0 Å². The summed E-state index contributed by atoms with van der Waals surface area (Å²) in [7, 11) is 0. The molecule has 1 N–H and O–H groups in total. The third kappa shape index (κ3) is 4.07. The molecule has 3 aromatic rings. The minimum Gasteiger partial charge on any atom is -0.467 e. The van der Waals surface area contributed by atoms with Crippen LogP contribution in [0.4, 0.5) is 0 Å². The molecule has 0 saturated carbocycles. The molecule has 0 aliphatic heterocycles. The molecule has 0 bridgehead atoms. The summed E-state index contributed by atoms with van der Waals surface area (Å²) in [5.41, 5.74) is -0.232. The molecule has 0 spiro atoms. The number of halogens is 1. The lowest BCUT2D eigenvalue weighted by Gasteiger charge is -2.06. The summed E-state index contributed by atoms with van der Waals surface area (Å²) < 4.78 is 15.2. The molecule has 128 valence electrons. The third-order valence-electron chi connectivity index (χ3n) is 3.26. The van der Waals surface area contributed by atoms with Crippen molar-refractivity contribution in [2.45, 2.75) is 6.54 Å². The zero-order valence-electron chi connectivity index (χ0n) is 12.8. The number of carbonyl (C=O) groups is 2. The normalized spacial score (nSPS) is 10.6. The molecule has 7 nitrogen and oxygen atoms in total. The van der Waals surface area contributed by atoms with E-state index in [1.807, 2.05) is 0 Å². The van der Waals surface area contributed by atoms with Gasteiger partial charge in [0.05, 0.1) is 18.2 Å². The summed E-state index contributed by atoms with van der Waals surface area (Å²) in [5.74, 6) is -1.15. The molecule has 1 amide bonds. The largest absolute Gasteiger partial charge is 0.467 e. The minimum atomic E-state index is -0.915. The number of hydrogen-bond acceptors (Lipinski definition) is 6. The van der Waals surface area contributed by atoms with Gasteiger partial charge in [0, 0.05) is 11.1 Å². The van der Waals surface area contributed by atoms with Gasteiger partial charge in [0.1, 0.15) is 11.3 Å². The molecule has 25 heavy (non-hydrogen) atoms. The van der Waals surface area contributed by atoms with E-state index in [2.05, 4.69) is 5.32 Å². The lowest BCUT2D eigenvalue weighted by atomic mass is 10.2. The van der Waals surface area contributed by atoms with Gasteiger partial charge in [-0.3, -0.25) is 9.59 Å². The monoisotopic (exact) mass is 361 g/mol. The Morgan fingerprint density at radius 2 is 2.04 bits per heavy atom. The number of esters is 1. The number of nitrogens with one attached hydrogen (secondary N) is 1. The third-order valence-corrected chi connectivity index (χ3v) is 3.50. The first kappa shape index (κ1) is 16.8. The Morgan fingerprint density at radius 1 is 1.20 bits per heavy atom. The van der Waals surface area contributed by atoms with Gasteiger partial charge in [0.25, 0.3) is 5.91 Å². The molecule has 0 saturated heterocycles. The first-order valence-corrected chi connectivity index (χ1v) is 7.60. The average molecular weight is 362 g/mol. The highest BCUT2D eigenvalue weighted by Gasteiger charge is 2.15. The zero-order valence-corrected chi connectivity index (χ0v) is 13.5. The van der Waals surface area contributed by atoms with Gasteiger partial charge >= 0.3 is 5.97 Å². The van der Waals surface area contributed by atoms with Crippen LogP contribution in [0, 0.1) is 0 Å². The van der Waals surface area contributed by atoms with Gasteiger partial charge in [-0.2, -0.15) is 0 Å². The molecule has 0 radical (unpaired) electrons. The Labute approximate surface area is 146 Å². The second-order valence-corrected chi connectivity index (χ2v) is 5.48. The van der Waals surface area contributed by atoms with Crippen LogP contribution in [-0.2, 0) is 16.1 Å². The SMILES string of the molecule is O=C(COC(=O)c1cc(=O)c2cc(Cl)ccc2o1)NCc1ccco1. The molecule has 0 aliphatic carbocycles. The number of benzene rings is 1. The van der Waals surface area contributed by atoms with E-state index in [9.17, 15) is 14.4 Å². The van der Waals surface area contributed by atoms with Crippen molar-refractivity contribution in [1.29, 1.82) is 0 Å². The number of furan rings is 1. The zero-order chi connectivity index (χ0) is 17.8. The number of amides is 1. The van der Waals surface area contributed by atoms with E-state index in [0.717, 1.165) is 6.07 Å². The summed E-state index contributed by atoms with van der Waals surface area (Å²) in [6, 6.07) is 8.84. The standard InChI is InChI=1S/C17H12ClNO6/c18-10-3-4-14-12(6-10)13(20)7-15(25-14)17(22)24-9-16(21)19-8-11-2-1-5-23-11/h1-7H,8-9H2,(H,19,21). The fourth-order valence-electron chi connectivity index (χ4n) is 2.08. The Balaban J connectivity index is 1.63. The van der Waals surface area contributed by atoms with E-state index in [1.165, 1.54) is 24.5 Å². The fourth-order valence-corrected chi connectivity index (χ4v) is 2.25. The molecule has 0 atom stereocenters. The van der Waals surface area contributed by atoms with Crippen molar-refractivity contribution >= 4 is 34.4 Å². The Hall–Kier alpha value is -3.06. The maximum atomic E-state index is 12.0. The molecular formula is C17H12ClNO6. The summed E-state index contributed by atoms with van der Waals surface area (Å²) in [4.78, 5) is 35.6. The fraction of sp³-hybridized carbons (Fsp3) is 0.118. The van der Waals surface area contributed by atoms with Gasteiger partial charge in [-0.15, -0.1) is 0 Å². The van der Waals surface area contributed by atoms with E-state index in [-0.39, 0.29) is 23.3 Å². The molecule has 1 aromatic carbocycles. The topological polar surface area (TPSA) is 98.8 Å². The first-order chi connectivity index (χ1) is 12.0. The van der Waals surface area contributed by atoms with E-state index < -0.39 is 23.9 Å². The second-order valence-electron chi connectivity index (χ2n) is 5.05. The van der Waals surface area contributed by atoms with Crippen LogP contribution in [0.2, 0.25) is 5.02 Å². The van der Waals surface area contributed by atoms with Gasteiger partial charge < -0.3 is 18.9 Å². The van der Waals surface area contributed by atoms with E-state index in [0.29, 0.717) is 10.8 Å². The van der Waals surface area contributed by atoms with E-state index in [1.54, 1.807) is 12.1 Å². The first-order valence-electron chi connectivity index (χ1n) is 7.22. The number of fused-ring (bicyclic) bond motifs is 1. The van der Waals surface area contributed by atoms with E-state index in [4.69, 9.17) is 25.2 Å². The predicted octanol–water partition coefficient (Wildman–Crippen LogP) is 2.51. The van der Waals surface area contributed by atoms with E-state index >= 15 is 0 Å². The van der Waals surface area contributed by atoms with Crippen molar-refractivity contribution in [1.82, 2.24) is 5.32 Å². The highest BCUT2D eigenvalue weighted by Crippen LogP contribution is 2.18. The lowest BCUT2D eigenvalue weighted by molar-refractivity contribution is -0.124. The van der Waals surface area contributed by atoms with Crippen LogP contribution in [0.15, 0.2) is 56.3 Å². The van der Waals surface area contributed by atoms with Crippen molar-refractivity contribution in [2.24, 2.45) is 0 Å². The van der Waals surface area contributed by atoms with Crippen LogP contribution >= 0.6 is 11.6 Å². The molecule has 2 heterocycles. The lowest BCUT2D eigenvalue weighted by Crippen LogP contribution is -2.28. The highest BCUT2D eigenvalue weighted by molar-refractivity contribution is 6.31. The predicted molar refractivity (Wildman–Crippen MR) is 88.3 cm³/mol. The smallest absolute Gasteiger partial charge is 0.374 e. The van der Waals surface area contributed by atoms with Crippen molar-refractivity contribution < 1.29 is 23.2 Å². The van der Waals surface area contributed by atoms with Gasteiger partial charge in [0.15, 0.2) is 12.0 Å². The van der Waals surface area contributed by atoms with Gasteiger partial charge in [0.2, 0.25) is 5.76 Å². The molecule has 3 rings (SSSR count). The molecular weight excluding hydrogens is 350 g/mol. The van der Waals surface area contributed by atoms with Gasteiger partial charge in [-0.25, -0.2) is 4.79 Å². The number of rotatable bonds is 5. The molecule has 8 heteroatoms. The van der Waals surface area contributed by atoms with Crippen LogP contribution in [-0.4, -0.2) is 18.5 Å². The van der Waals surface area contributed by atoms with Crippen molar-refractivity contribution in [2.75, 3.05) is 6.61 Å². The Bertz CT molecular complexity index is 976. The van der Waals surface area contributed by atoms with Crippen molar-refractivity contribution in [3.05, 3.63) is 69.4 Å². The highest BCUT2D eigenvalue weighted by atomic mass is 35.5. The van der Waals surface area contributed by atoms with Crippen LogP contribution < -0.4 is 10.7 Å². The summed E-state index contributed by atoms with van der Waals surface area (Å²) in [5, 5.41) is 3.15. The summed E-state index contributed by atoms with van der Waals surface area (Å²) in [6.45, 7) is -0.336. The molecule has 2 aromatic heterocycles. The van der Waals surface area contributed by atoms with Crippen LogP contribution in [0.5, 0.6) is 0 Å². The second kappa shape index (κ2) is 7.23.